The number of H-pyrrole nitrogens is 2. The molecule has 2 heterocycles. The average Bonchev–Trinajstić information content (AvgIpc) is 3.13. The monoisotopic (exact) mass is 505 g/mol. The second-order valence-electron chi connectivity index (χ2n) is 6.46. The van der Waals surface area contributed by atoms with Crippen molar-refractivity contribution >= 4 is 59.6 Å². The molecule has 0 amide bonds. The fourth-order valence-electron chi connectivity index (χ4n) is 3.11. The van der Waals surface area contributed by atoms with Crippen molar-refractivity contribution in [1.29, 1.82) is 0 Å². The van der Waals surface area contributed by atoms with Crippen molar-refractivity contribution < 1.29 is 22.7 Å². The number of nitrogens with one attached hydrogen (secondary N) is 3. The van der Waals surface area contributed by atoms with Gasteiger partial charge in [0.25, 0.3) is 15.6 Å². The average molecular weight is 506 g/mol. The van der Waals surface area contributed by atoms with E-state index < -0.39 is 21.7 Å². The van der Waals surface area contributed by atoms with Gasteiger partial charge in [0.15, 0.2) is 5.75 Å². The Hall–Kier alpha value is -3.31. The molecular formula is C20H16BrN3O6S. The Morgan fingerprint density at radius 3 is 2.61 bits per heavy atom. The second kappa shape index (κ2) is 8.08. The number of hydrogen-bond donors (Lipinski definition) is 3. The van der Waals surface area contributed by atoms with Gasteiger partial charge in [-0.15, -0.1) is 0 Å². The first-order chi connectivity index (χ1) is 14.8. The molecule has 0 aliphatic rings. The number of sulfonamides is 1. The van der Waals surface area contributed by atoms with Gasteiger partial charge in [0, 0.05) is 27.3 Å². The largest absolute Gasteiger partial charge is 0.513 e. The van der Waals surface area contributed by atoms with E-state index in [1.54, 1.807) is 31.2 Å². The predicted molar refractivity (Wildman–Crippen MR) is 119 cm³/mol. The fourth-order valence-corrected chi connectivity index (χ4v) is 4.42. The first kappa shape index (κ1) is 20.9. The molecular weight excluding hydrogens is 490 g/mol. The number of hydrogen-bond acceptors (Lipinski definition) is 6. The lowest BCUT2D eigenvalue weighted by Crippen LogP contribution is -2.13. The smallest absolute Gasteiger partial charge is 0.434 e. The number of benzene rings is 2. The van der Waals surface area contributed by atoms with Gasteiger partial charge >= 0.3 is 6.16 Å². The number of carbonyl (C=O) groups excluding carboxylic acids is 1. The van der Waals surface area contributed by atoms with Crippen LogP contribution in [-0.2, 0) is 14.8 Å². The number of ether oxygens (including phenoxy) is 2. The Labute approximate surface area is 184 Å². The first-order valence-corrected chi connectivity index (χ1v) is 11.4. The van der Waals surface area contributed by atoms with Gasteiger partial charge in [-0.1, -0.05) is 15.9 Å². The molecule has 9 nitrogen and oxygen atoms in total. The van der Waals surface area contributed by atoms with Gasteiger partial charge in [0.1, 0.15) is 5.52 Å². The Kier molecular flexibility index (Phi) is 5.46. The lowest BCUT2D eigenvalue weighted by Gasteiger charge is -2.10. The highest BCUT2D eigenvalue weighted by atomic mass is 79.9. The maximum absolute atomic E-state index is 12.7. The Bertz CT molecular complexity index is 1460. The summed E-state index contributed by atoms with van der Waals surface area (Å²) in [5, 5.41) is 0.808. The summed E-state index contributed by atoms with van der Waals surface area (Å²) in [6, 6.07) is 10.8. The van der Waals surface area contributed by atoms with Gasteiger partial charge in [-0.2, -0.15) is 0 Å². The second-order valence-corrected chi connectivity index (χ2v) is 9.06. The predicted octanol–water partition coefficient (Wildman–Crippen LogP) is 4.11. The van der Waals surface area contributed by atoms with Crippen molar-refractivity contribution in [3.05, 3.63) is 63.5 Å². The molecule has 0 bridgehead atoms. The van der Waals surface area contributed by atoms with Crippen LogP contribution in [0.5, 0.6) is 5.75 Å². The normalized spacial score (nSPS) is 11.5. The summed E-state index contributed by atoms with van der Waals surface area (Å²) in [5.41, 5.74) is 0.480. The highest BCUT2D eigenvalue weighted by molar-refractivity contribution is 9.10. The number of aromatic nitrogens is 2. The maximum Gasteiger partial charge on any atom is 0.513 e. The van der Waals surface area contributed by atoms with Crippen LogP contribution in [0.1, 0.15) is 6.92 Å². The van der Waals surface area contributed by atoms with E-state index >= 15 is 0 Å². The van der Waals surface area contributed by atoms with Gasteiger partial charge in [-0.25, -0.2) is 13.2 Å². The van der Waals surface area contributed by atoms with E-state index in [1.807, 2.05) is 0 Å². The molecule has 0 saturated heterocycles. The molecule has 11 heteroatoms. The summed E-state index contributed by atoms with van der Waals surface area (Å²) in [7, 11) is -3.84. The molecule has 4 rings (SSSR count). The van der Waals surface area contributed by atoms with Gasteiger partial charge in [-0.3, -0.25) is 9.52 Å². The third-order valence-electron chi connectivity index (χ3n) is 4.44. The Morgan fingerprint density at radius 1 is 1.16 bits per heavy atom. The summed E-state index contributed by atoms with van der Waals surface area (Å²) < 4.78 is 38.7. The molecule has 0 saturated carbocycles. The molecule has 0 fully saturated rings. The third kappa shape index (κ3) is 4.14. The van der Waals surface area contributed by atoms with Crippen molar-refractivity contribution in [3.63, 3.8) is 0 Å². The van der Waals surface area contributed by atoms with Crippen LogP contribution in [0.2, 0.25) is 0 Å². The minimum absolute atomic E-state index is 0.0930. The summed E-state index contributed by atoms with van der Waals surface area (Å²) in [6.07, 6.45) is 0.457. The summed E-state index contributed by atoms with van der Waals surface area (Å²) in [4.78, 5) is 29.7. The summed E-state index contributed by atoms with van der Waals surface area (Å²) >= 11 is 3.27. The molecule has 160 valence electrons. The Morgan fingerprint density at radius 2 is 1.90 bits per heavy atom. The van der Waals surface area contributed by atoms with Crippen LogP contribution in [0.3, 0.4) is 0 Å². The van der Waals surface area contributed by atoms with Crippen LogP contribution in [0.4, 0.5) is 10.5 Å². The van der Waals surface area contributed by atoms with Crippen LogP contribution < -0.4 is 15.0 Å². The first-order valence-electron chi connectivity index (χ1n) is 9.08. The zero-order chi connectivity index (χ0) is 22.2. The highest BCUT2D eigenvalue weighted by Gasteiger charge is 2.18. The van der Waals surface area contributed by atoms with Crippen molar-refractivity contribution in [2.24, 2.45) is 0 Å². The van der Waals surface area contributed by atoms with Gasteiger partial charge in [0.2, 0.25) is 0 Å². The number of anilines is 1. The van der Waals surface area contributed by atoms with Crippen LogP contribution in [0, 0.1) is 0 Å². The van der Waals surface area contributed by atoms with Crippen LogP contribution >= 0.6 is 15.9 Å². The number of fused-ring (bicyclic) bond motifs is 3. The van der Waals surface area contributed by atoms with E-state index in [-0.39, 0.29) is 28.5 Å². The molecule has 2 aromatic carbocycles. The quantitative estimate of drug-likeness (QED) is 0.350. The molecule has 0 radical (unpaired) electrons. The molecule has 0 aliphatic heterocycles. The lowest BCUT2D eigenvalue weighted by molar-refractivity contribution is 0.105. The van der Waals surface area contributed by atoms with E-state index in [0.717, 1.165) is 4.47 Å². The number of rotatable bonds is 5. The molecule has 0 aliphatic carbocycles. The summed E-state index contributed by atoms with van der Waals surface area (Å²) in [6.45, 7) is 1.77. The molecule has 2 aromatic heterocycles. The van der Waals surface area contributed by atoms with Crippen LogP contribution in [-0.4, -0.2) is 31.1 Å². The summed E-state index contributed by atoms with van der Waals surface area (Å²) in [5.74, 6) is 0.0949. The number of aromatic amines is 2. The zero-order valence-corrected chi connectivity index (χ0v) is 18.5. The number of pyridine rings is 1. The van der Waals surface area contributed by atoms with Crippen molar-refractivity contribution in [2.45, 2.75) is 11.8 Å². The van der Waals surface area contributed by atoms with E-state index in [2.05, 4.69) is 30.6 Å². The van der Waals surface area contributed by atoms with Crippen LogP contribution in [0.25, 0.3) is 21.8 Å². The van der Waals surface area contributed by atoms with E-state index in [0.29, 0.717) is 16.3 Å². The highest BCUT2D eigenvalue weighted by Crippen LogP contribution is 2.32. The molecule has 0 spiro atoms. The number of carbonyl (C=O) groups is 1. The van der Waals surface area contributed by atoms with E-state index in [1.165, 1.54) is 24.4 Å². The SMILES string of the molecule is CCOC(=O)Oc1c[nH]c2c(=O)[nH]c3ccc(NS(=O)(=O)c4ccc(Br)cc4)cc3c12. The molecule has 0 atom stereocenters. The minimum Gasteiger partial charge on any atom is -0.434 e. The molecule has 0 unspecified atom stereocenters. The molecule has 4 aromatic rings. The van der Waals surface area contributed by atoms with Crippen LogP contribution in [0.15, 0.2) is 62.8 Å². The topological polar surface area (TPSA) is 130 Å². The fraction of sp³-hybridized carbons (Fsp3) is 0.100. The lowest BCUT2D eigenvalue weighted by atomic mass is 10.1. The van der Waals surface area contributed by atoms with E-state index in [9.17, 15) is 18.0 Å². The zero-order valence-electron chi connectivity index (χ0n) is 16.1. The van der Waals surface area contributed by atoms with Crippen molar-refractivity contribution in [1.82, 2.24) is 9.97 Å². The Balaban J connectivity index is 1.80. The van der Waals surface area contributed by atoms with Crippen molar-refractivity contribution in [3.8, 4) is 5.75 Å². The van der Waals surface area contributed by atoms with Gasteiger partial charge < -0.3 is 19.4 Å². The molecule has 31 heavy (non-hydrogen) atoms. The van der Waals surface area contributed by atoms with Gasteiger partial charge in [0.05, 0.1) is 16.9 Å². The minimum atomic E-state index is -3.84. The van der Waals surface area contributed by atoms with E-state index in [4.69, 9.17) is 9.47 Å². The molecule has 3 N–H and O–H groups in total. The number of halogens is 1. The maximum atomic E-state index is 12.7. The standard InChI is InChI=1S/C20H16BrN3O6S/c1-2-29-20(26)30-16-10-22-18-17(16)14-9-12(5-8-15(14)23-19(18)25)24-31(27,28)13-6-3-11(21)4-7-13/h3-10,22,24H,2H2,1H3,(H,23,25). The van der Waals surface area contributed by atoms with Crippen molar-refractivity contribution in [2.75, 3.05) is 11.3 Å². The van der Waals surface area contributed by atoms with Gasteiger partial charge in [-0.05, 0) is 49.4 Å². The third-order valence-corrected chi connectivity index (χ3v) is 6.37.